The van der Waals surface area contributed by atoms with Crippen molar-refractivity contribution in [1.29, 1.82) is 0 Å². The minimum atomic E-state index is -0.215. The van der Waals surface area contributed by atoms with E-state index in [4.69, 9.17) is 4.42 Å². The molecule has 0 bridgehead atoms. The van der Waals surface area contributed by atoms with Crippen molar-refractivity contribution in [3.8, 4) is 66.8 Å². The van der Waals surface area contributed by atoms with E-state index in [9.17, 15) is 0 Å². The SMILES string of the molecule is CC1(C)c2cc(-c3ccc4ccccc4c3)ccc2-c2ccc(C(c3cccc(-c4cccc(-c5cccc6c5oc5ccccc56)c4)c3)c3ccc4c(c3)C(C)(C)c3cc(-c5ccc6ccccc6c5)ccc3-4)cc21. The second kappa shape index (κ2) is 16.7. The summed E-state index contributed by atoms with van der Waals surface area (Å²) < 4.78 is 6.55. The van der Waals surface area contributed by atoms with Gasteiger partial charge in [-0.15, -0.1) is 0 Å². The summed E-state index contributed by atoms with van der Waals surface area (Å²) >= 11 is 0. The molecule has 13 aromatic rings. The van der Waals surface area contributed by atoms with Crippen molar-refractivity contribution in [3.63, 3.8) is 0 Å². The van der Waals surface area contributed by atoms with Crippen molar-refractivity contribution in [2.45, 2.75) is 44.4 Å². The van der Waals surface area contributed by atoms with Crippen LogP contribution in [0.5, 0.6) is 0 Å². The Balaban J connectivity index is 0.848. The molecule has 2 aliphatic rings. The molecule has 0 radical (unpaired) electrons. The molecule has 0 saturated carbocycles. The van der Waals surface area contributed by atoms with Crippen LogP contribution in [-0.4, -0.2) is 0 Å². The van der Waals surface area contributed by atoms with Gasteiger partial charge in [0.1, 0.15) is 11.2 Å². The first kappa shape index (κ1) is 44.4. The molecule has 2 aliphatic carbocycles. The fraction of sp³-hybridized carbons (Fsp3) is 0.0933. The third kappa shape index (κ3) is 6.92. The first-order valence-corrected chi connectivity index (χ1v) is 26.8. The van der Waals surface area contributed by atoms with E-state index in [2.05, 4.69) is 270 Å². The monoisotopic (exact) mass is 970 g/mol. The maximum atomic E-state index is 6.55. The lowest BCUT2D eigenvalue weighted by molar-refractivity contribution is 0.657. The van der Waals surface area contributed by atoms with Crippen LogP contribution in [0.3, 0.4) is 0 Å². The Morgan fingerprint density at radius 2 is 0.697 bits per heavy atom. The van der Waals surface area contributed by atoms with Gasteiger partial charge < -0.3 is 4.42 Å². The van der Waals surface area contributed by atoms with E-state index < -0.39 is 0 Å². The highest BCUT2D eigenvalue weighted by molar-refractivity contribution is 6.09. The molecule has 1 heteroatoms. The molecule has 0 atom stereocenters. The zero-order chi connectivity index (χ0) is 50.9. The largest absolute Gasteiger partial charge is 0.455 e. The Kier molecular flexibility index (Phi) is 9.79. The van der Waals surface area contributed by atoms with Gasteiger partial charge in [0.2, 0.25) is 0 Å². The molecule has 0 N–H and O–H groups in total. The molecule has 76 heavy (non-hydrogen) atoms. The van der Waals surface area contributed by atoms with Gasteiger partial charge in [0.15, 0.2) is 0 Å². The molecule has 0 spiro atoms. The Labute approximate surface area is 444 Å². The number of fused-ring (bicyclic) bond motifs is 11. The molecule has 360 valence electrons. The number of benzene rings is 12. The summed E-state index contributed by atoms with van der Waals surface area (Å²) in [5, 5.41) is 7.34. The van der Waals surface area contributed by atoms with E-state index in [-0.39, 0.29) is 16.7 Å². The standard InChI is InChI=1S/C75H54O/c1-74(2)67-42-54(52-28-26-46-14-5-7-16-48(46)38-52)30-34-61(67)63-36-32-58(44-69(63)74)72(57-21-12-19-51(41-57)50-18-11-20-56(40-50)60-23-13-24-66-65-22-9-10-25-71(65)76-73(60)66)59-33-37-64-62-35-31-55(43-68(62)75(3,4)70(64)45-59)53-29-27-47-15-6-8-17-49(47)39-53/h5-45,72H,1-4H3. The van der Waals surface area contributed by atoms with E-state index >= 15 is 0 Å². The highest BCUT2D eigenvalue weighted by atomic mass is 16.3. The average molecular weight is 971 g/mol. The van der Waals surface area contributed by atoms with Crippen molar-refractivity contribution in [3.05, 3.63) is 288 Å². The Hall–Kier alpha value is -9.04. The number of furan rings is 1. The highest BCUT2D eigenvalue weighted by Gasteiger charge is 2.39. The van der Waals surface area contributed by atoms with Crippen LogP contribution in [0.15, 0.2) is 253 Å². The molecule has 15 rings (SSSR count). The number of rotatable bonds is 7. The summed E-state index contributed by atoms with van der Waals surface area (Å²) in [5.41, 5.74) is 25.7. The highest BCUT2D eigenvalue weighted by Crippen LogP contribution is 2.54. The lowest BCUT2D eigenvalue weighted by Crippen LogP contribution is -2.17. The summed E-state index contributed by atoms with van der Waals surface area (Å²) in [7, 11) is 0. The molecule has 12 aromatic carbocycles. The molecule has 0 aliphatic heterocycles. The van der Waals surface area contributed by atoms with Crippen molar-refractivity contribution < 1.29 is 4.42 Å². The summed E-state index contributed by atoms with van der Waals surface area (Å²) in [6.45, 7) is 9.67. The maximum absolute atomic E-state index is 6.55. The Morgan fingerprint density at radius 1 is 0.276 bits per heavy atom. The van der Waals surface area contributed by atoms with Gasteiger partial charge in [0.25, 0.3) is 0 Å². The fourth-order valence-corrected chi connectivity index (χ4v) is 13.3. The van der Waals surface area contributed by atoms with Crippen LogP contribution in [0.1, 0.15) is 72.6 Å². The van der Waals surface area contributed by atoms with Gasteiger partial charge in [0.05, 0.1) is 0 Å². The summed E-state index contributed by atoms with van der Waals surface area (Å²) in [6.07, 6.45) is 0. The van der Waals surface area contributed by atoms with Crippen LogP contribution >= 0.6 is 0 Å². The minimum Gasteiger partial charge on any atom is -0.455 e. The van der Waals surface area contributed by atoms with E-state index in [1.807, 2.05) is 6.07 Å². The van der Waals surface area contributed by atoms with Crippen LogP contribution in [0, 0.1) is 0 Å². The minimum absolute atomic E-state index is 0.0385. The first-order chi connectivity index (χ1) is 37.1. The van der Waals surface area contributed by atoms with Crippen LogP contribution in [0.25, 0.3) is 110 Å². The van der Waals surface area contributed by atoms with E-state index in [1.54, 1.807) is 0 Å². The fourth-order valence-electron chi connectivity index (χ4n) is 13.3. The van der Waals surface area contributed by atoms with Crippen LogP contribution in [-0.2, 0) is 10.8 Å². The third-order valence-electron chi connectivity index (χ3n) is 17.4. The quantitative estimate of drug-likeness (QED) is 0.145. The van der Waals surface area contributed by atoms with Gasteiger partial charge in [0, 0.05) is 33.1 Å². The zero-order valence-corrected chi connectivity index (χ0v) is 43.2. The number of hydrogen-bond acceptors (Lipinski definition) is 1. The molecule has 0 unspecified atom stereocenters. The first-order valence-electron chi connectivity index (χ1n) is 26.8. The number of hydrogen-bond donors (Lipinski definition) is 0. The van der Waals surface area contributed by atoms with Crippen molar-refractivity contribution in [2.75, 3.05) is 0 Å². The second-order valence-electron chi connectivity index (χ2n) is 22.4. The van der Waals surface area contributed by atoms with Gasteiger partial charge in [-0.05, 0) is 158 Å². The molecule has 0 fully saturated rings. The normalized spacial score (nSPS) is 13.9. The predicted octanol–water partition coefficient (Wildman–Crippen LogP) is 20.4. The molecule has 1 heterocycles. The number of para-hydroxylation sites is 2. The predicted molar refractivity (Wildman–Crippen MR) is 319 cm³/mol. The molecular formula is C75H54O. The van der Waals surface area contributed by atoms with E-state index in [0.29, 0.717) is 0 Å². The summed E-state index contributed by atoms with van der Waals surface area (Å²) in [5.74, 6) is -0.0385. The third-order valence-corrected chi connectivity index (χ3v) is 17.4. The Bertz CT molecular complexity index is 4350. The molecule has 1 nitrogen and oxygen atoms in total. The zero-order valence-electron chi connectivity index (χ0n) is 43.2. The van der Waals surface area contributed by atoms with Gasteiger partial charge in [-0.3, -0.25) is 0 Å². The van der Waals surface area contributed by atoms with Crippen molar-refractivity contribution in [1.82, 2.24) is 0 Å². The molecule has 1 aromatic heterocycles. The maximum Gasteiger partial charge on any atom is 0.143 e. The van der Waals surface area contributed by atoms with Crippen LogP contribution < -0.4 is 0 Å². The molecule has 0 saturated heterocycles. The molecule has 0 amide bonds. The van der Waals surface area contributed by atoms with Crippen LogP contribution in [0.4, 0.5) is 0 Å². The van der Waals surface area contributed by atoms with E-state index in [1.165, 1.54) is 116 Å². The topological polar surface area (TPSA) is 13.1 Å². The summed E-state index contributed by atoms with van der Waals surface area (Å²) in [4.78, 5) is 0. The van der Waals surface area contributed by atoms with Gasteiger partial charge in [-0.1, -0.05) is 240 Å². The molecular weight excluding hydrogens is 917 g/mol. The van der Waals surface area contributed by atoms with Crippen molar-refractivity contribution >= 4 is 43.5 Å². The lowest BCUT2D eigenvalue weighted by atomic mass is 9.76. The van der Waals surface area contributed by atoms with Crippen LogP contribution in [0.2, 0.25) is 0 Å². The lowest BCUT2D eigenvalue weighted by Gasteiger charge is -2.27. The summed E-state index contributed by atoms with van der Waals surface area (Å²) in [6, 6.07) is 93.2. The van der Waals surface area contributed by atoms with E-state index in [0.717, 1.165) is 33.1 Å². The second-order valence-corrected chi connectivity index (χ2v) is 22.4. The van der Waals surface area contributed by atoms with Crippen molar-refractivity contribution in [2.24, 2.45) is 0 Å². The average Bonchev–Trinajstić information content (AvgIpc) is 4.17. The van der Waals surface area contributed by atoms with Gasteiger partial charge >= 0.3 is 0 Å². The van der Waals surface area contributed by atoms with Gasteiger partial charge in [-0.2, -0.15) is 0 Å². The van der Waals surface area contributed by atoms with Gasteiger partial charge in [-0.25, -0.2) is 0 Å². The smallest absolute Gasteiger partial charge is 0.143 e. The Morgan fingerprint density at radius 3 is 1.30 bits per heavy atom.